The molecule has 0 saturated carbocycles. The highest BCUT2D eigenvalue weighted by Crippen LogP contribution is 2.30. The molecule has 0 saturated heterocycles. The Balaban J connectivity index is 2.22. The maximum atomic E-state index is 4.74. The monoisotopic (exact) mass is 276 g/mol. The molecular formula is C12H16N6S. The second kappa shape index (κ2) is 4.41. The molecule has 1 aliphatic heterocycles. The first-order chi connectivity index (χ1) is 9.08. The Hall–Kier alpha value is -1.76. The summed E-state index contributed by atoms with van der Waals surface area (Å²) in [6.45, 7) is 5.59. The quantitative estimate of drug-likeness (QED) is 0.836. The molecule has 0 bridgehead atoms. The first-order valence-electron chi connectivity index (χ1n) is 6.18. The molecule has 7 heteroatoms. The van der Waals surface area contributed by atoms with Crippen LogP contribution in [-0.2, 0) is 6.54 Å². The number of hydrogen-bond donors (Lipinski definition) is 0. The molecule has 0 radical (unpaired) electrons. The van der Waals surface area contributed by atoms with Gasteiger partial charge in [-0.05, 0) is 25.4 Å². The van der Waals surface area contributed by atoms with E-state index in [1.165, 1.54) is 11.5 Å². The Morgan fingerprint density at radius 2 is 2.00 bits per heavy atom. The second-order valence-electron chi connectivity index (χ2n) is 4.77. The zero-order valence-electron chi connectivity index (χ0n) is 11.5. The van der Waals surface area contributed by atoms with Gasteiger partial charge in [-0.25, -0.2) is 9.97 Å². The van der Waals surface area contributed by atoms with Crippen molar-refractivity contribution in [2.24, 2.45) is 4.99 Å². The number of fused-ring (bicyclic) bond motifs is 1. The normalized spacial score (nSPS) is 14.2. The molecule has 19 heavy (non-hydrogen) atoms. The zero-order valence-corrected chi connectivity index (χ0v) is 12.3. The van der Waals surface area contributed by atoms with Crippen LogP contribution in [0.15, 0.2) is 4.99 Å². The van der Waals surface area contributed by atoms with E-state index in [2.05, 4.69) is 18.9 Å². The maximum absolute atomic E-state index is 4.74. The fourth-order valence-corrected chi connectivity index (χ4v) is 2.94. The summed E-state index contributed by atoms with van der Waals surface area (Å²) in [5.41, 5.74) is 2.13. The van der Waals surface area contributed by atoms with E-state index in [0.29, 0.717) is 0 Å². The fourth-order valence-electron chi connectivity index (χ4n) is 2.27. The van der Waals surface area contributed by atoms with Crippen molar-refractivity contribution in [3.05, 3.63) is 11.5 Å². The zero-order chi connectivity index (χ0) is 13.6. The lowest BCUT2D eigenvalue weighted by Gasteiger charge is -2.17. The fraction of sp³-hybridized carbons (Fsp3) is 0.500. The topological polar surface area (TPSA) is 59.2 Å². The molecule has 0 spiro atoms. The number of nitrogens with zero attached hydrogens (tertiary/aromatic N) is 6. The van der Waals surface area contributed by atoms with Crippen LogP contribution < -0.4 is 4.90 Å². The van der Waals surface area contributed by atoms with Gasteiger partial charge in [-0.15, -0.1) is 0 Å². The molecule has 2 aromatic heterocycles. The van der Waals surface area contributed by atoms with Crippen LogP contribution in [0.5, 0.6) is 0 Å². The predicted octanol–water partition coefficient (Wildman–Crippen LogP) is 1.60. The van der Waals surface area contributed by atoms with Crippen LogP contribution in [0.4, 0.5) is 5.82 Å². The molecule has 100 valence electrons. The summed E-state index contributed by atoms with van der Waals surface area (Å²) in [6.07, 6.45) is 0. The highest BCUT2D eigenvalue weighted by atomic mass is 32.1. The molecule has 2 aromatic rings. The third kappa shape index (κ3) is 1.94. The molecule has 0 atom stereocenters. The number of rotatable bonds is 2. The van der Waals surface area contributed by atoms with Gasteiger partial charge in [0.05, 0.1) is 12.3 Å². The van der Waals surface area contributed by atoms with Crippen molar-refractivity contribution < 1.29 is 0 Å². The van der Waals surface area contributed by atoms with Gasteiger partial charge in [0.15, 0.2) is 16.6 Å². The highest BCUT2D eigenvalue weighted by molar-refractivity contribution is 7.09. The highest BCUT2D eigenvalue weighted by Gasteiger charge is 2.25. The largest absolute Gasteiger partial charge is 0.361 e. The summed E-state index contributed by atoms with van der Waals surface area (Å²) in [4.78, 5) is 15.7. The Bertz CT molecular complexity index is 651. The van der Waals surface area contributed by atoms with Gasteiger partial charge in [0, 0.05) is 20.6 Å². The number of anilines is 1. The molecule has 0 N–H and O–H groups in total. The molecule has 0 fully saturated rings. The molecule has 0 aliphatic carbocycles. The van der Waals surface area contributed by atoms with Gasteiger partial charge in [0.2, 0.25) is 0 Å². The van der Waals surface area contributed by atoms with Crippen LogP contribution in [0.3, 0.4) is 0 Å². The van der Waals surface area contributed by atoms with Crippen LogP contribution in [0.2, 0.25) is 0 Å². The van der Waals surface area contributed by atoms with Crippen LogP contribution in [0.1, 0.15) is 18.4 Å². The molecule has 0 amide bonds. The second-order valence-corrected chi connectivity index (χ2v) is 5.52. The third-order valence-electron chi connectivity index (χ3n) is 3.11. The first kappa shape index (κ1) is 12.3. The standard InChI is InChI=1S/C12H16N6S/c1-7-9-10(17(3)4)15-11(18(9)6-5-13-7)12-14-8(2)16-19-12/h5-6H2,1-4H3. The molecule has 1 aliphatic rings. The number of aryl methyl sites for hydroxylation is 1. The summed E-state index contributed by atoms with van der Waals surface area (Å²) in [7, 11) is 4.00. The minimum absolute atomic E-state index is 0.796. The predicted molar refractivity (Wildman–Crippen MR) is 77.3 cm³/mol. The maximum Gasteiger partial charge on any atom is 0.179 e. The molecule has 3 heterocycles. The number of hydrogen-bond acceptors (Lipinski definition) is 6. The van der Waals surface area contributed by atoms with Gasteiger partial charge in [0.25, 0.3) is 0 Å². The van der Waals surface area contributed by atoms with Crippen molar-refractivity contribution in [2.75, 3.05) is 25.5 Å². The van der Waals surface area contributed by atoms with Crippen molar-refractivity contribution in [3.8, 4) is 10.8 Å². The molecular weight excluding hydrogens is 260 g/mol. The van der Waals surface area contributed by atoms with Gasteiger partial charge in [0.1, 0.15) is 11.5 Å². The number of aromatic nitrogens is 4. The minimum atomic E-state index is 0.796. The molecule has 0 aromatic carbocycles. The molecule has 3 rings (SSSR count). The SMILES string of the molecule is CC1=NCCn2c(-c3nc(C)ns3)nc(N(C)C)c21. The lowest BCUT2D eigenvalue weighted by molar-refractivity contribution is 0.691. The van der Waals surface area contributed by atoms with E-state index in [1.807, 2.05) is 32.8 Å². The van der Waals surface area contributed by atoms with Crippen molar-refractivity contribution in [3.63, 3.8) is 0 Å². The van der Waals surface area contributed by atoms with Crippen LogP contribution >= 0.6 is 11.5 Å². The summed E-state index contributed by atoms with van der Waals surface area (Å²) in [5, 5.41) is 0.876. The lowest BCUT2D eigenvalue weighted by Crippen LogP contribution is -2.20. The molecule has 0 unspecified atom stereocenters. The minimum Gasteiger partial charge on any atom is -0.361 e. The Kier molecular flexibility index (Phi) is 2.85. The van der Waals surface area contributed by atoms with E-state index in [9.17, 15) is 0 Å². The van der Waals surface area contributed by atoms with E-state index >= 15 is 0 Å². The Morgan fingerprint density at radius 1 is 1.21 bits per heavy atom. The Labute approximate surface area is 116 Å². The van der Waals surface area contributed by atoms with Gasteiger partial charge in [-0.3, -0.25) is 4.99 Å². The van der Waals surface area contributed by atoms with Gasteiger partial charge >= 0.3 is 0 Å². The van der Waals surface area contributed by atoms with E-state index in [0.717, 1.165) is 47.0 Å². The smallest absolute Gasteiger partial charge is 0.179 e. The summed E-state index contributed by atoms with van der Waals surface area (Å²) in [6, 6.07) is 0. The van der Waals surface area contributed by atoms with E-state index in [4.69, 9.17) is 4.98 Å². The van der Waals surface area contributed by atoms with Crippen LogP contribution in [0.25, 0.3) is 10.8 Å². The van der Waals surface area contributed by atoms with E-state index < -0.39 is 0 Å². The van der Waals surface area contributed by atoms with Gasteiger partial charge in [-0.2, -0.15) is 4.37 Å². The van der Waals surface area contributed by atoms with Crippen LogP contribution in [-0.4, -0.2) is 45.3 Å². The van der Waals surface area contributed by atoms with Crippen molar-refractivity contribution in [1.82, 2.24) is 18.9 Å². The average molecular weight is 276 g/mol. The lowest BCUT2D eigenvalue weighted by atomic mass is 10.2. The summed E-state index contributed by atoms with van der Waals surface area (Å²) in [5.74, 6) is 2.65. The van der Waals surface area contributed by atoms with Crippen LogP contribution in [0, 0.1) is 6.92 Å². The average Bonchev–Trinajstić information content (AvgIpc) is 2.93. The first-order valence-corrected chi connectivity index (χ1v) is 6.95. The summed E-state index contributed by atoms with van der Waals surface area (Å²) < 4.78 is 6.45. The number of aliphatic imine (C=N–C) groups is 1. The molecule has 6 nitrogen and oxygen atoms in total. The van der Waals surface area contributed by atoms with E-state index in [-0.39, 0.29) is 0 Å². The number of imidazole rings is 1. The summed E-state index contributed by atoms with van der Waals surface area (Å²) >= 11 is 1.40. The van der Waals surface area contributed by atoms with Crippen molar-refractivity contribution >= 4 is 23.1 Å². The van der Waals surface area contributed by atoms with Gasteiger partial charge in [-0.1, -0.05) is 0 Å². The Morgan fingerprint density at radius 3 is 2.63 bits per heavy atom. The van der Waals surface area contributed by atoms with E-state index in [1.54, 1.807) is 0 Å². The van der Waals surface area contributed by atoms with Crippen molar-refractivity contribution in [1.29, 1.82) is 0 Å². The van der Waals surface area contributed by atoms with Crippen molar-refractivity contribution in [2.45, 2.75) is 20.4 Å². The van der Waals surface area contributed by atoms with Gasteiger partial charge < -0.3 is 9.47 Å². The third-order valence-corrected chi connectivity index (χ3v) is 3.91.